The Morgan fingerprint density at radius 1 is 1.29 bits per heavy atom. The second-order valence-corrected chi connectivity index (χ2v) is 6.19. The van der Waals surface area contributed by atoms with Crippen molar-refractivity contribution in [3.63, 3.8) is 0 Å². The van der Waals surface area contributed by atoms with E-state index in [1.807, 2.05) is 13.0 Å². The lowest BCUT2D eigenvalue weighted by molar-refractivity contribution is 0.350. The molecule has 0 aromatic carbocycles. The fourth-order valence-electron chi connectivity index (χ4n) is 3.15. The minimum absolute atomic E-state index is 0.269. The number of rotatable bonds is 7. The fourth-order valence-corrected chi connectivity index (χ4v) is 3.15. The molecule has 0 unspecified atom stereocenters. The predicted molar refractivity (Wildman–Crippen MR) is 92.8 cm³/mol. The predicted octanol–water partition coefficient (Wildman–Crippen LogP) is 2.79. The average Bonchev–Trinajstić information content (AvgIpc) is 3.21. The van der Waals surface area contributed by atoms with E-state index in [0.29, 0.717) is 25.3 Å². The first-order chi connectivity index (χ1) is 11.7. The number of allylic oxidation sites excluding steroid dienone is 1. The van der Waals surface area contributed by atoms with Crippen LogP contribution in [0.3, 0.4) is 0 Å². The lowest BCUT2D eigenvalue weighted by Crippen LogP contribution is -2.12. The maximum Gasteiger partial charge on any atom is 0.229 e. The Bertz CT molecular complexity index is 705. The summed E-state index contributed by atoms with van der Waals surface area (Å²) in [5, 5.41) is 7.39. The van der Waals surface area contributed by atoms with Crippen LogP contribution in [0.1, 0.15) is 54.6 Å². The Hall–Kier alpha value is -2.44. The summed E-state index contributed by atoms with van der Waals surface area (Å²) in [4.78, 5) is 13.0. The van der Waals surface area contributed by atoms with Crippen LogP contribution < -0.4 is 11.1 Å². The standard InChI is InChI=1S/C17H24N6O/c1-3-6-13-11(2)20-17(18)22-15(13)19-10-9-14-21-16(24-23-14)12-7-4-5-8-12/h3,12H,1,4-10H2,2H3,(H3,18,19,20,22). The van der Waals surface area contributed by atoms with Gasteiger partial charge in [-0.05, 0) is 26.2 Å². The van der Waals surface area contributed by atoms with Gasteiger partial charge in [-0.3, -0.25) is 0 Å². The number of aromatic nitrogens is 4. The minimum atomic E-state index is 0.269. The second kappa shape index (κ2) is 7.42. The third-order valence-corrected chi connectivity index (χ3v) is 4.41. The van der Waals surface area contributed by atoms with Crippen molar-refractivity contribution < 1.29 is 4.52 Å². The van der Waals surface area contributed by atoms with E-state index >= 15 is 0 Å². The molecule has 1 saturated carbocycles. The lowest BCUT2D eigenvalue weighted by atomic mass is 10.1. The second-order valence-electron chi connectivity index (χ2n) is 6.19. The summed E-state index contributed by atoms with van der Waals surface area (Å²) >= 11 is 0. The fraction of sp³-hybridized carbons (Fsp3) is 0.529. The summed E-state index contributed by atoms with van der Waals surface area (Å²) in [7, 11) is 0. The summed E-state index contributed by atoms with van der Waals surface area (Å²) < 4.78 is 5.40. The van der Waals surface area contributed by atoms with E-state index in [2.05, 4.69) is 32.0 Å². The number of hydrogen-bond donors (Lipinski definition) is 2. The summed E-state index contributed by atoms with van der Waals surface area (Å²) in [5.74, 6) is 2.98. The Labute approximate surface area is 141 Å². The molecule has 128 valence electrons. The van der Waals surface area contributed by atoms with E-state index < -0.39 is 0 Å². The Kier molecular flexibility index (Phi) is 5.08. The molecule has 0 atom stereocenters. The van der Waals surface area contributed by atoms with Crippen LogP contribution in [0.4, 0.5) is 11.8 Å². The lowest BCUT2D eigenvalue weighted by Gasteiger charge is -2.12. The number of nitrogen functional groups attached to an aromatic ring is 1. The Morgan fingerprint density at radius 3 is 2.83 bits per heavy atom. The van der Waals surface area contributed by atoms with Gasteiger partial charge in [-0.25, -0.2) is 4.98 Å². The van der Waals surface area contributed by atoms with E-state index in [4.69, 9.17) is 10.3 Å². The van der Waals surface area contributed by atoms with Crippen LogP contribution in [-0.4, -0.2) is 26.7 Å². The molecule has 3 rings (SSSR count). The first kappa shape index (κ1) is 16.4. The Morgan fingerprint density at radius 2 is 2.08 bits per heavy atom. The molecule has 7 heteroatoms. The van der Waals surface area contributed by atoms with Gasteiger partial charge in [0.25, 0.3) is 0 Å². The number of nitrogens with two attached hydrogens (primary N) is 1. The number of hydrogen-bond acceptors (Lipinski definition) is 7. The summed E-state index contributed by atoms with van der Waals surface area (Å²) in [5.41, 5.74) is 7.63. The Balaban J connectivity index is 1.61. The van der Waals surface area contributed by atoms with E-state index in [1.54, 1.807) is 0 Å². The molecule has 0 amide bonds. The van der Waals surface area contributed by atoms with Gasteiger partial charge in [0.15, 0.2) is 5.82 Å². The molecule has 2 aromatic rings. The molecule has 0 aliphatic heterocycles. The molecule has 2 aromatic heterocycles. The molecule has 1 aliphatic rings. The van der Waals surface area contributed by atoms with Crippen molar-refractivity contribution in [2.45, 2.75) is 51.4 Å². The monoisotopic (exact) mass is 328 g/mol. The smallest absolute Gasteiger partial charge is 0.229 e. The van der Waals surface area contributed by atoms with Crippen molar-refractivity contribution in [1.29, 1.82) is 0 Å². The highest BCUT2D eigenvalue weighted by atomic mass is 16.5. The quantitative estimate of drug-likeness (QED) is 0.753. The van der Waals surface area contributed by atoms with E-state index in [9.17, 15) is 0 Å². The van der Waals surface area contributed by atoms with E-state index in [1.165, 1.54) is 12.8 Å². The number of nitrogens with one attached hydrogen (secondary N) is 1. The SMILES string of the molecule is C=CCc1c(C)nc(N)nc1NCCc1noc(C2CCCC2)n1. The molecule has 0 bridgehead atoms. The molecule has 2 heterocycles. The molecule has 0 radical (unpaired) electrons. The van der Waals surface area contributed by atoms with Crippen LogP contribution in [0, 0.1) is 6.92 Å². The first-order valence-electron chi connectivity index (χ1n) is 8.47. The van der Waals surface area contributed by atoms with Gasteiger partial charge in [-0.1, -0.05) is 24.1 Å². The van der Waals surface area contributed by atoms with Crippen molar-refractivity contribution in [2.75, 3.05) is 17.6 Å². The van der Waals surface area contributed by atoms with Gasteiger partial charge in [0.05, 0.1) is 0 Å². The molecule has 1 fully saturated rings. The molecule has 0 spiro atoms. The maximum absolute atomic E-state index is 5.75. The molecular formula is C17H24N6O. The van der Waals surface area contributed by atoms with Gasteiger partial charge < -0.3 is 15.6 Å². The highest BCUT2D eigenvalue weighted by molar-refractivity contribution is 5.50. The zero-order chi connectivity index (χ0) is 16.9. The molecular weight excluding hydrogens is 304 g/mol. The van der Waals surface area contributed by atoms with Crippen molar-refractivity contribution in [2.24, 2.45) is 0 Å². The topological polar surface area (TPSA) is 103 Å². The van der Waals surface area contributed by atoms with Crippen molar-refractivity contribution >= 4 is 11.8 Å². The molecule has 0 saturated heterocycles. The van der Waals surface area contributed by atoms with E-state index in [0.717, 1.165) is 41.6 Å². The van der Waals surface area contributed by atoms with Gasteiger partial charge in [-0.15, -0.1) is 6.58 Å². The highest BCUT2D eigenvalue weighted by Crippen LogP contribution is 2.32. The van der Waals surface area contributed by atoms with Crippen LogP contribution in [0.15, 0.2) is 17.2 Å². The average molecular weight is 328 g/mol. The molecule has 1 aliphatic carbocycles. The molecule has 7 nitrogen and oxygen atoms in total. The van der Waals surface area contributed by atoms with Crippen molar-refractivity contribution in [3.8, 4) is 0 Å². The van der Waals surface area contributed by atoms with Gasteiger partial charge in [-0.2, -0.15) is 9.97 Å². The summed E-state index contributed by atoms with van der Waals surface area (Å²) in [6.45, 7) is 6.36. The van der Waals surface area contributed by atoms with Gasteiger partial charge in [0, 0.05) is 30.1 Å². The zero-order valence-electron chi connectivity index (χ0n) is 14.1. The zero-order valence-corrected chi connectivity index (χ0v) is 14.1. The number of nitrogens with zero attached hydrogens (tertiary/aromatic N) is 4. The summed E-state index contributed by atoms with van der Waals surface area (Å²) in [6, 6.07) is 0. The van der Waals surface area contributed by atoms with E-state index in [-0.39, 0.29) is 5.95 Å². The van der Waals surface area contributed by atoms with Gasteiger partial charge >= 0.3 is 0 Å². The van der Waals surface area contributed by atoms with Crippen LogP contribution >= 0.6 is 0 Å². The highest BCUT2D eigenvalue weighted by Gasteiger charge is 2.22. The normalized spacial score (nSPS) is 14.9. The molecule has 3 N–H and O–H groups in total. The first-order valence-corrected chi connectivity index (χ1v) is 8.47. The minimum Gasteiger partial charge on any atom is -0.369 e. The third-order valence-electron chi connectivity index (χ3n) is 4.41. The third kappa shape index (κ3) is 3.72. The largest absolute Gasteiger partial charge is 0.369 e. The van der Waals surface area contributed by atoms with Crippen LogP contribution in [-0.2, 0) is 12.8 Å². The molecule has 24 heavy (non-hydrogen) atoms. The number of anilines is 2. The van der Waals surface area contributed by atoms with Crippen molar-refractivity contribution in [3.05, 3.63) is 35.6 Å². The van der Waals surface area contributed by atoms with Gasteiger partial charge in [0.1, 0.15) is 5.82 Å². The number of aryl methyl sites for hydroxylation is 1. The van der Waals surface area contributed by atoms with Crippen LogP contribution in [0.2, 0.25) is 0 Å². The van der Waals surface area contributed by atoms with Crippen molar-refractivity contribution in [1.82, 2.24) is 20.1 Å². The summed E-state index contributed by atoms with van der Waals surface area (Å²) in [6.07, 6.45) is 8.03. The van der Waals surface area contributed by atoms with Crippen LogP contribution in [0.5, 0.6) is 0 Å². The van der Waals surface area contributed by atoms with Crippen LogP contribution in [0.25, 0.3) is 0 Å². The van der Waals surface area contributed by atoms with Gasteiger partial charge in [0.2, 0.25) is 11.8 Å². The maximum atomic E-state index is 5.75.